The maximum absolute atomic E-state index is 12.2. The van der Waals surface area contributed by atoms with Gasteiger partial charge in [-0.1, -0.05) is 36.4 Å². The average Bonchev–Trinajstić information content (AvgIpc) is 2.42. The standard InChI is InChI=1S/C18H24NO/c1-19(2,3)13-7-6-10-18(20)17-12-11-15-8-4-5-9-16(15)14-17/h4-5,8-9,11-12,14H,6-7,10,13H2,1-3H3/q+1. The van der Waals surface area contributed by atoms with E-state index >= 15 is 0 Å². The van der Waals surface area contributed by atoms with Crippen molar-refractivity contribution in [2.75, 3.05) is 27.7 Å². The number of rotatable bonds is 6. The molecule has 20 heavy (non-hydrogen) atoms. The molecule has 2 heteroatoms. The van der Waals surface area contributed by atoms with Gasteiger partial charge in [-0.3, -0.25) is 4.79 Å². The van der Waals surface area contributed by atoms with Gasteiger partial charge in [-0.2, -0.15) is 0 Å². The number of carbonyl (C=O) groups is 1. The average molecular weight is 270 g/mol. The van der Waals surface area contributed by atoms with E-state index in [2.05, 4.69) is 33.3 Å². The molecule has 0 heterocycles. The van der Waals surface area contributed by atoms with E-state index in [1.165, 1.54) is 5.39 Å². The molecule has 0 amide bonds. The molecule has 0 spiro atoms. The van der Waals surface area contributed by atoms with Crippen molar-refractivity contribution < 1.29 is 9.28 Å². The van der Waals surface area contributed by atoms with E-state index in [0.717, 1.165) is 34.8 Å². The lowest BCUT2D eigenvalue weighted by Gasteiger charge is -2.23. The summed E-state index contributed by atoms with van der Waals surface area (Å²) in [4.78, 5) is 12.2. The van der Waals surface area contributed by atoms with Gasteiger partial charge in [-0.25, -0.2) is 0 Å². The van der Waals surface area contributed by atoms with Crippen LogP contribution < -0.4 is 0 Å². The van der Waals surface area contributed by atoms with Crippen molar-refractivity contribution in [3.63, 3.8) is 0 Å². The van der Waals surface area contributed by atoms with Crippen LogP contribution in [0.25, 0.3) is 10.8 Å². The summed E-state index contributed by atoms with van der Waals surface area (Å²) in [7, 11) is 6.56. The first kappa shape index (κ1) is 14.7. The van der Waals surface area contributed by atoms with E-state index < -0.39 is 0 Å². The van der Waals surface area contributed by atoms with Crippen LogP contribution in [0.5, 0.6) is 0 Å². The first-order chi connectivity index (χ1) is 9.46. The number of ketones is 1. The van der Waals surface area contributed by atoms with Crippen LogP contribution in [-0.2, 0) is 0 Å². The van der Waals surface area contributed by atoms with Crippen LogP contribution >= 0.6 is 0 Å². The highest BCUT2D eigenvalue weighted by atomic mass is 16.1. The maximum Gasteiger partial charge on any atom is 0.162 e. The van der Waals surface area contributed by atoms with Gasteiger partial charge in [0.25, 0.3) is 0 Å². The van der Waals surface area contributed by atoms with Crippen molar-refractivity contribution in [1.29, 1.82) is 0 Å². The number of quaternary nitrogens is 1. The summed E-state index contributed by atoms with van der Waals surface area (Å²) in [6, 6.07) is 14.2. The number of hydrogen-bond donors (Lipinski definition) is 0. The quantitative estimate of drug-likeness (QED) is 0.442. The first-order valence-corrected chi connectivity index (χ1v) is 7.28. The minimum absolute atomic E-state index is 0.261. The second-order valence-corrected chi connectivity index (χ2v) is 6.46. The van der Waals surface area contributed by atoms with Crippen molar-refractivity contribution in [2.24, 2.45) is 0 Å². The monoisotopic (exact) mass is 270 g/mol. The van der Waals surface area contributed by atoms with Crippen molar-refractivity contribution in [2.45, 2.75) is 19.3 Å². The highest BCUT2D eigenvalue weighted by Crippen LogP contribution is 2.17. The van der Waals surface area contributed by atoms with Crippen LogP contribution in [-0.4, -0.2) is 38.0 Å². The number of Topliss-reactive ketones (excluding diaryl/α,β-unsaturated/α-hetero) is 1. The number of fused-ring (bicyclic) bond motifs is 1. The number of benzene rings is 2. The number of hydrogen-bond acceptors (Lipinski definition) is 1. The van der Waals surface area contributed by atoms with Crippen molar-refractivity contribution >= 4 is 16.6 Å². The fraction of sp³-hybridized carbons (Fsp3) is 0.389. The van der Waals surface area contributed by atoms with Crippen LogP contribution in [0, 0.1) is 0 Å². The summed E-state index contributed by atoms with van der Waals surface area (Å²) in [6.45, 7) is 1.12. The Balaban J connectivity index is 1.94. The summed E-state index contributed by atoms with van der Waals surface area (Å²) in [5, 5.41) is 2.33. The van der Waals surface area contributed by atoms with Gasteiger partial charge in [-0.05, 0) is 29.7 Å². The van der Waals surface area contributed by atoms with Gasteiger partial charge < -0.3 is 4.48 Å². The van der Waals surface area contributed by atoms with E-state index in [-0.39, 0.29) is 5.78 Å². The molecule has 0 fully saturated rings. The van der Waals surface area contributed by atoms with Crippen LogP contribution in [0.2, 0.25) is 0 Å². The zero-order chi connectivity index (χ0) is 14.6. The molecule has 0 bridgehead atoms. The Kier molecular flexibility index (Phi) is 4.56. The second-order valence-electron chi connectivity index (χ2n) is 6.46. The summed E-state index contributed by atoms with van der Waals surface area (Å²) in [6.07, 6.45) is 2.72. The molecule has 0 aliphatic carbocycles. The molecule has 0 aliphatic heterocycles. The lowest BCUT2D eigenvalue weighted by molar-refractivity contribution is -0.870. The molecule has 0 radical (unpaired) electrons. The van der Waals surface area contributed by atoms with E-state index in [9.17, 15) is 4.79 Å². The lowest BCUT2D eigenvalue weighted by Crippen LogP contribution is -2.35. The molecule has 2 nitrogen and oxygen atoms in total. The van der Waals surface area contributed by atoms with Gasteiger partial charge in [-0.15, -0.1) is 0 Å². The fourth-order valence-electron chi connectivity index (χ4n) is 2.38. The molecule has 2 aromatic rings. The minimum atomic E-state index is 0.261. The highest BCUT2D eigenvalue weighted by molar-refractivity contribution is 5.99. The third-order valence-electron chi connectivity index (χ3n) is 3.55. The molecule has 106 valence electrons. The van der Waals surface area contributed by atoms with Crippen molar-refractivity contribution in [3.05, 3.63) is 48.0 Å². The van der Waals surface area contributed by atoms with Gasteiger partial charge in [0.1, 0.15) is 0 Å². The third kappa shape index (κ3) is 4.17. The van der Waals surface area contributed by atoms with Gasteiger partial charge >= 0.3 is 0 Å². The predicted octanol–water partition coefficient (Wildman–Crippen LogP) is 3.90. The molecule has 0 aromatic heterocycles. The zero-order valence-corrected chi connectivity index (χ0v) is 12.7. The molecule has 0 atom stereocenters. The minimum Gasteiger partial charge on any atom is -0.331 e. The molecule has 0 aliphatic rings. The molecule has 2 rings (SSSR count). The third-order valence-corrected chi connectivity index (χ3v) is 3.55. The largest absolute Gasteiger partial charge is 0.331 e. The van der Waals surface area contributed by atoms with Crippen LogP contribution in [0.15, 0.2) is 42.5 Å². The zero-order valence-electron chi connectivity index (χ0n) is 12.7. The predicted molar refractivity (Wildman–Crippen MR) is 85.0 cm³/mol. The van der Waals surface area contributed by atoms with Crippen LogP contribution in [0.4, 0.5) is 0 Å². The number of unbranched alkanes of at least 4 members (excludes halogenated alkanes) is 1. The molecule has 0 saturated carbocycles. The van der Waals surface area contributed by atoms with E-state index in [1.807, 2.05) is 30.3 Å². The van der Waals surface area contributed by atoms with Gasteiger partial charge in [0.2, 0.25) is 0 Å². The Labute approximate surface area is 121 Å². The second kappa shape index (κ2) is 6.19. The summed E-state index contributed by atoms with van der Waals surface area (Å²) in [5.41, 5.74) is 0.842. The van der Waals surface area contributed by atoms with Crippen molar-refractivity contribution in [1.82, 2.24) is 0 Å². The SMILES string of the molecule is C[N+](C)(C)CCCCC(=O)c1ccc2ccccc2c1. The molecule has 2 aromatic carbocycles. The first-order valence-electron chi connectivity index (χ1n) is 7.28. The number of carbonyl (C=O) groups excluding carboxylic acids is 1. The summed E-state index contributed by atoms with van der Waals surface area (Å²) in [5.74, 6) is 0.261. The van der Waals surface area contributed by atoms with E-state index in [4.69, 9.17) is 0 Å². The van der Waals surface area contributed by atoms with Crippen molar-refractivity contribution in [3.8, 4) is 0 Å². The fourth-order valence-corrected chi connectivity index (χ4v) is 2.38. The highest BCUT2D eigenvalue weighted by Gasteiger charge is 2.09. The number of nitrogens with zero attached hydrogens (tertiary/aromatic N) is 1. The van der Waals surface area contributed by atoms with Gasteiger partial charge in [0.15, 0.2) is 5.78 Å². The Morgan fingerprint density at radius 2 is 1.65 bits per heavy atom. The Hall–Kier alpha value is -1.67. The summed E-state index contributed by atoms with van der Waals surface area (Å²) < 4.78 is 0.962. The topological polar surface area (TPSA) is 17.1 Å². The van der Waals surface area contributed by atoms with E-state index in [1.54, 1.807) is 0 Å². The molecular weight excluding hydrogens is 246 g/mol. The molecular formula is C18H24NO+. The van der Waals surface area contributed by atoms with E-state index in [0.29, 0.717) is 6.42 Å². The van der Waals surface area contributed by atoms with Crippen LogP contribution in [0.3, 0.4) is 0 Å². The summed E-state index contributed by atoms with van der Waals surface area (Å²) >= 11 is 0. The Morgan fingerprint density at radius 1 is 0.950 bits per heavy atom. The molecule has 0 unspecified atom stereocenters. The van der Waals surface area contributed by atoms with Gasteiger partial charge in [0.05, 0.1) is 27.7 Å². The lowest BCUT2D eigenvalue weighted by atomic mass is 10.0. The normalized spacial score (nSPS) is 11.8. The molecule has 0 saturated heterocycles. The smallest absolute Gasteiger partial charge is 0.162 e. The molecule has 0 N–H and O–H groups in total. The van der Waals surface area contributed by atoms with Crippen LogP contribution in [0.1, 0.15) is 29.6 Å². The Morgan fingerprint density at radius 3 is 2.35 bits per heavy atom. The Bertz CT molecular complexity index is 596. The maximum atomic E-state index is 12.2. The van der Waals surface area contributed by atoms with Gasteiger partial charge in [0, 0.05) is 12.0 Å².